The number of nitrogens with one attached hydrogen (secondary N) is 1. The second kappa shape index (κ2) is 6.29. The Labute approximate surface area is 120 Å². The van der Waals surface area contributed by atoms with Gasteiger partial charge in [-0.2, -0.15) is 0 Å². The highest BCUT2D eigenvalue weighted by atomic mass is 16.5. The first-order valence-corrected chi connectivity index (χ1v) is 7.17. The summed E-state index contributed by atoms with van der Waals surface area (Å²) >= 11 is 0. The fraction of sp³-hybridized carbons (Fsp3) is 0.222. The lowest BCUT2D eigenvalue weighted by Gasteiger charge is -2.21. The molecule has 1 atom stereocenters. The summed E-state index contributed by atoms with van der Waals surface area (Å²) in [5, 5.41) is 3.56. The summed E-state index contributed by atoms with van der Waals surface area (Å²) in [7, 11) is 0. The van der Waals surface area contributed by atoms with Gasteiger partial charge in [-0.25, -0.2) is 0 Å². The highest BCUT2D eigenvalue weighted by Gasteiger charge is 2.11. The molecule has 1 unspecified atom stereocenters. The van der Waals surface area contributed by atoms with Crippen molar-refractivity contribution in [2.45, 2.75) is 25.3 Å². The second-order valence-electron chi connectivity index (χ2n) is 5.02. The fourth-order valence-corrected chi connectivity index (χ4v) is 2.42. The summed E-state index contributed by atoms with van der Waals surface area (Å²) < 4.78 is 5.96. The van der Waals surface area contributed by atoms with Crippen LogP contribution in [0.1, 0.15) is 19.3 Å². The smallest absolute Gasteiger partial charge is 0.150 e. The first-order valence-electron chi connectivity index (χ1n) is 7.17. The molecule has 0 saturated carbocycles. The molecule has 20 heavy (non-hydrogen) atoms. The third-order valence-corrected chi connectivity index (χ3v) is 3.45. The van der Waals surface area contributed by atoms with E-state index in [9.17, 15) is 0 Å². The largest absolute Gasteiger partial charge is 0.455 e. The van der Waals surface area contributed by atoms with E-state index in [1.807, 2.05) is 48.5 Å². The number of hydrogen-bond acceptors (Lipinski definition) is 2. The SMILES string of the molecule is C1=CC(Nc2ccccc2Oc2ccccc2)CCC1. The number of benzene rings is 2. The van der Waals surface area contributed by atoms with E-state index in [1.165, 1.54) is 19.3 Å². The number of rotatable bonds is 4. The van der Waals surface area contributed by atoms with Crippen LogP contribution in [0.5, 0.6) is 11.5 Å². The molecular weight excluding hydrogens is 246 g/mol. The number of para-hydroxylation sites is 3. The molecule has 0 fully saturated rings. The molecule has 0 aromatic heterocycles. The molecule has 102 valence electrons. The van der Waals surface area contributed by atoms with Crippen molar-refractivity contribution in [3.63, 3.8) is 0 Å². The molecule has 2 nitrogen and oxygen atoms in total. The molecular formula is C18H19NO. The molecule has 2 aromatic carbocycles. The Bertz CT molecular complexity index is 577. The molecule has 0 amide bonds. The third-order valence-electron chi connectivity index (χ3n) is 3.45. The molecule has 1 aliphatic carbocycles. The molecule has 2 aromatic rings. The zero-order chi connectivity index (χ0) is 13.6. The molecule has 1 aliphatic rings. The van der Waals surface area contributed by atoms with Crippen molar-refractivity contribution in [3.8, 4) is 11.5 Å². The monoisotopic (exact) mass is 265 g/mol. The van der Waals surface area contributed by atoms with Gasteiger partial charge in [0.25, 0.3) is 0 Å². The van der Waals surface area contributed by atoms with Crippen molar-refractivity contribution >= 4 is 5.69 Å². The summed E-state index contributed by atoms with van der Waals surface area (Å²) in [4.78, 5) is 0. The molecule has 0 saturated heterocycles. The lowest BCUT2D eigenvalue weighted by molar-refractivity contribution is 0.483. The summed E-state index contributed by atoms with van der Waals surface area (Å²) in [6.45, 7) is 0. The summed E-state index contributed by atoms with van der Waals surface area (Å²) in [5.74, 6) is 1.73. The second-order valence-corrected chi connectivity index (χ2v) is 5.02. The van der Waals surface area contributed by atoms with Crippen LogP contribution in [0.25, 0.3) is 0 Å². The Morgan fingerprint density at radius 3 is 2.55 bits per heavy atom. The van der Waals surface area contributed by atoms with E-state index in [4.69, 9.17) is 4.74 Å². The van der Waals surface area contributed by atoms with E-state index in [2.05, 4.69) is 23.5 Å². The van der Waals surface area contributed by atoms with E-state index in [-0.39, 0.29) is 0 Å². The molecule has 1 N–H and O–H groups in total. The van der Waals surface area contributed by atoms with Gasteiger partial charge in [0.2, 0.25) is 0 Å². The van der Waals surface area contributed by atoms with Gasteiger partial charge in [0, 0.05) is 6.04 Å². The van der Waals surface area contributed by atoms with Crippen molar-refractivity contribution in [3.05, 3.63) is 66.7 Å². The average Bonchev–Trinajstić information content (AvgIpc) is 2.51. The normalized spacial score (nSPS) is 17.7. The van der Waals surface area contributed by atoms with Crippen LogP contribution in [0.4, 0.5) is 5.69 Å². The maximum Gasteiger partial charge on any atom is 0.150 e. The van der Waals surface area contributed by atoms with Crippen LogP contribution < -0.4 is 10.1 Å². The average molecular weight is 265 g/mol. The highest BCUT2D eigenvalue weighted by Crippen LogP contribution is 2.30. The predicted octanol–water partition coefficient (Wildman–Crippen LogP) is 5.00. The van der Waals surface area contributed by atoms with Crippen LogP contribution in [0, 0.1) is 0 Å². The van der Waals surface area contributed by atoms with Gasteiger partial charge < -0.3 is 10.1 Å². The van der Waals surface area contributed by atoms with Gasteiger partial charge in [0.05, 0.1) is 5.69 Å². The van der Waals surface area contributed by atoms with Crippen LogP contribution in [0.15, 0.2) is 66.7 Å². The van der Waals surface area contributed by atoms with Gasteiger partial charge in [0.1, 0.15) is 5.75 Å². The van der Waals surface area contributed by atoms with E-state index in [0.717, 1.165) is 17.2 Å². The van der Waals surface area contributed by atoms with Gasteiger partial charge in [-0.15, -0.1) is 0 Å². The first-order chi connectivity index (χ1) is 9.92. The lowest BCUT2D eigenvalue weighted by Crippen LogP contribution is -2.18. The molecule has 3 rings (SSSR count). The summed E-state index contributed by atoms with van der Waals surface area (Å²) in [5.41, 5.74) is 1.05. The maximum absolute atomic E-state index is 5.96. The molecule has 0 aliphatic heterocycles. The van der Waals surface area contributed by atoms with Crippen LogP contribution in [0.3, 0.4) is 0 Å². The van der Waals surface area contributed by atoms with Gasteiger partial charge in [-0.3, -0.25) is 0 Å². The molecule has 0 bridgehead atoms. The molecule has 0 heterocycles. The fourth-order valence-electron chi connectivity index (χ4n) is 2.42. The maximum atomic E-state index is 5.96. The van der Waals surface area contributed by atoms with Crippen molar-refractivity contribution in [2.75, 3.05) is 5.32 Å². The minimum atomic E-state index is 0.407. The zero-order valence-electron chi connectivity index (χ0n) is 11.5. The topological polar surface area (TPSA) is 21.3 Å². The minimum Gasteiger partial charge on any atom is -0.455 e. The van der Waals surface area contributed by atoms with Crippen molar-refractivity contribution in [2.24, 2.45) is 0 Å². The number of hydrogen-bond donors (Lipinski definition) is 1. The minimum absolute atomic E-state index is 0.407. The number of ether oxygens (including phenoxy) is 1. The summed E-state index contributed by atoms with van der Waals surface area (Å²) in [6.07, 6.45) is 8.12. The van der Waals surface area contributed by atoms with Crippen LogP contribution in [0.2, 0.25) is 0 Å². The number of allylic oxidation sites excluding steroid dienone is 1. The molecule has 0 radical (unpaired) electrons. The highest BCUT2D eigenvalue weighted by molar-refractivity contribution is 5.58. The van der Waals surface area contributed by atoms with Gasteiger partial charge in [0.15, 0.2) is 5.75 Å². The van der Waals surface area contributed by atoms with E-state index < -0.39 is 0 Å². The predicted molar refractivity (Wildman–Crippen MR) is 83.4 cm³/mol. The van der Waals surface area contributed by atoms with Crippen LogP contribution >= 0.6 is 0 Å². The first kappa shape index (κ1) is 12.8. The Kier molecular flexibility index (Phi) is 4.02. The van der Waals surface area contributed by atoms with Crippen molar-refractivity contribution < 1.29 is 4.74 Å². The van der Waals surface area contributed by atoms with E-state index in [1.54, 1.807) is 0 Å². The third kappa shape index (κ3) is 3.21. The van der Waals surface area contributed by atoms with Crippen molar-refractivity contribution in [1.29, 1.82) is 0 Å². The summed E-state index contributed by atoms with van der Waals surface area (Å²) in [6, 6.07) is 18.4. The van der Waals surface area contributed by atoms with Crippen LogP contribution in [-0.2, 0) is 0 Å². The standard InChI is InChI=1S/C18H19NO/c1-3-9-15(10-4-1)19-17-13-7-8-14-18(17)20-16-11-5-2-6-12-16/h2-3,5-9,11-15,19H,1,4,10H2. The van der Waals surface area contributed by atoms with Gasteiger partial charge in [-0.05, 0) is 43.5 Å². The zero-order valence-corrected chi connectivity index (χ0v) is 11.5. The van der Waals surface area contributed by atoms with Gasteiger partial charge >= 0.3 is 0 Å². The molecule has 2 heteroatoms. The quantitative estimate of drug-likeness (QED) is 0.785. The van der Waals surface area contributed by atoms with Crippen molar-refractivity contribution in [1.82, 2.24) is 0 Å². The van der Waals surface area contributed by atoms with Crippen LogP contribution in [-0.4, -0.2) is 6.04 Å². The van der Waals surface area contributed by atoms with Gasteiger partial charge in [-0.1, -0.05) is 42.5 Å². The number of anilines is 1. The van der Waals surface area contributed by atoms with E-state index in [0.29, 0.717) is 6.04 Å². The Balaban J connectivity index is 1.77. The van der Waals surface area contributed by atoms with E-state index >= 15 is 0 Å². The Morgan fingerprint density at radius 1 is 0.950 bits per heavy atom. The Morgan fingerprint density at radius 2 is 1.75 bits per heavy atom. The molecule has 0 spiro atoms. The Hall–Kier alpha value is -2.22. The lowest BCUT2D eigenvalue weighted by atomic mass is 10.0.